The maximum Gasteiger partial charge on any atom is 0.216 e. The van der Waals surface area contributed by atoms with Crippen molar-refractivity contribution in [2.45, 2.75) is 0 Å². The van der Waals surface area contributed by atoms with Gasteiger partial charge in [-0.15, -0.1) is 5.10 Å². The van der Waals surface area contributed by atoms with E-state index in [1.807, 2.05) is 54.6 Å². The summed E-state index contributed by atoms with van der Waals surface area (Å²) in [5.41, 5.74) is 3.92. The van der Waals surface area contributed by atoms with Crippen molar-refractivity contribution < 1.29 is 9.59 Å². The van der Waals surface area contributed by atoms with E-state index in [1.54, 1.807) is 24.3 Å². The van der Waals surface area contributed by atoms with Crippen LogP contribution in [0.1, 0.15) is 32.1 Å². The molecule has 0 saturated carbocycles. The first-order chi connectivity index (χ1) is 13.2. The van der Waals surface area contributed by atoms with Gasteiger partial charge in [0.1, 0.15) is 5.69 Å². The van der Waals surface area contributed by atoms with Crippen LogP contribution in [0.25, 0.3) is 16.8 Å². The first-order valence-electron chi connectivity index (χ1n) is 8.54. The van der Waals surface area contributed by atoms with Crippen molar-refractivity contribution in [3.63, 3.8) is 0 Å². The fraction of sp³-hybridized carbons (Fsp3) is 0. The highest BCUT2D eigenvalue weighted by Gasteiger charge is 2.35. The molecular formula is C22H13N3O2. The van der Waals surface area contributed by atoms with Crippen LogP contribution in [0.5, 0.6) is 0 Å². The number of fused-ring (bicyclic) bond motifs is 2. The van der Waals surface area contributed by atoms with Crippen LogP contribution >= 0.6 is 0 Å². The number of benzene rings is 3. The van der Waals surface area contributed by atoms with Crippen LogP contribution in [0.4, 0.5) is 0 Å². The Labute approximate surface area is 154 Å². The number of nitrogens with zero attached hydrogens (tertiary/aromatic N) is 3. The zero-order chi connectivity index (χ0) is 18.4. The van der Waals surface area contributed by atoms with Gasteiger partial charge in [0.15, 0.2) is 5.69 Å². The summed E-state index contributed by atoms with van der Waals surface area (Å²) in [6, 6.07) is 24.5. The molecule has 4 aromatic rings. The predicted molar refractivity (Wildman–Crippen MR) is 100 cm³/mol. The molecule has 0 aliphatic heterocycles. The molecule has 1 aromatic heterocycles. The number of ketones is 2. The van der Waals surface area contributed by atoms with Gasteiger partial charge < -0.3 is 0 Å². The van der Waals surface area contributed by atoms with E-state index in [9.17, 15) is 9.59 Å². The first kappa shape index (κ1) is 15.4. The van der Waals surface area contributed by atoms with E-state index in [-0.39, 0.29) is 23.0 Å². The summed E-state index contributed by atoms with van der Waals surface area (Å²) in [4.78, 5) is 25.6. The summed E-state index contributed by atoms with van der Waals surface area (Å²) in [6.07, 6.45) is 0. The van der Waals surface area contributed by atoms with E-state index in [2.05, 4.69) is 10.3 Å². The third-order valence-corrected chi connectivity index (χ3v) is 4.74. The molecule has 1 aliphatic rings. The second-order valence-corrected chi connectivity index (χ2v) is 6.32. The SMILES string of the molecule is O=C1c2ccccc2C(=O)c2c1nnn2-c1ccc(-c2ccccc2)cc1. The Bertz CT molecular complexity index is 1190. The molecule has 128 valence electrons. The zero-order valence-electron chi connectivity index (χ0n) is 14.2. The highest BCUT2D eigenvalue weighted by atomic mass is 16.1. The van der Waals surface area contributed by atoms with Crippen molar-refractivity contribution in [2.24, 2.45) is 0 Å². The smallest absolute Gasteiger partial charge is 0.216 e. The lowest BCUT2D eigenvalue weighted by atomic mass is 9.90. The third-order valence-electron chi connectivity index (χ3n) is 4.74. The molecule has 0 amide bonds. The Hall–Kier alpha value is -3.86. The highest BCUT2D eigenvalue weighted by Crippen LogP contribution is 2.28. The topological polar surface area (TPSA) is 64.8 Å². The first-order valence-corrected chi connectivity index (χ1v) is 8.54. The summed E-state index contributed by atoms with van der Waals surface area (Å²) < 4.78 is 1.44. The largest absolute Gasteiger partial charge is 0.287 e. The minimum atomic E-state index is -0.271. The average Bonchev–Trinajstić information content (AvgIpc) is 3.18. The molecule has 5 nitrogen and oxygen atoms in total. The van der Waals surface area contributed by atoms with E-state index in [0.717, 1.165) is 11.1 Å². The van der Waals surface area contributed by atoms with Crippen LogP contribution < -0.4 is 0 Å². The second kappa shape index (κ2) is 5.85. The van der Waals surface area contributed by atoms with Gasteiger partial charge >= 0.3 is 0 Å². The van der Waals surface area contributed by atoms with Gasteiger partial charge in [-0.1, -0.05) is 71.9 Å². The Kier molecular flexibility index (Phi) is 3.33. The molecule has 0 spiro atoms. The van der Waals surface area contributed by atoms with Crippen molar-refractivity contribution in [3.05, 3.63) is 101 Å². The van der Waals surface area contributed by atoms with Crippen LogP contribution in [0, 0.1) is 0 Å². The van der Waals surface area contributed by atoms with Gasteiger partial charge in [0.05, 0.1) is 5.69 Å². The van der Waals surface area contributed by atoms with Crippen molar-refractivity contribution in [3.8, 4) is 16.8 Å². The molecule has 5 heteroatoms. The fourth-order valence-corrected chi connectivity index (χ4v) is 3.38. The molecule has 1 heterocycles. The van der Waals surface area contributed by atoms with Gasteiger partial charge in [-0.05, 0) is 23.3 Å². The average molecular weight is 351 g/mol. The van der Waals surface area contributed by atoms with Gasteiger partial charge in [-0.2, -0.15) is 0 Å². The van der Waals surface area contributed by atoms with Crippen molar-refractivity contribution in [2.75, 3.05) is 0 Å². The monoisotopic (exact) mass is 351 g/mol. The van der Waals surface area contributed by atoms with Crippen molar-refractivity contribution >= 4 is 11.6 Å². The summed E-state index contributed by atoms with van der Waals surface area (Å²) in [5.74, 6) is -0.510. The molecule has 27 heavy (non-hydrogen) atoms. The molecule has 0 saturated heterocycles. The zero-order valence-corrected chi connectivity index (χ0v) is 14.2. The summed E-state index contributed by atoms with van der Waals surface area (Å²) in [6.45, 7) is 0. The molecule has 0 atom stereocenters. The summed E-state index contributed by atoms with van der Waals surface area (Å²) in [5, 5.41) is 8.07. The third kappa shape index (κ3) is 2.33. The van der Waals surface area contributed by atoms with Crippen LogP contribution in [0.3, 0.4) is 0 Å². The summed E-state index contributed by atoms with van der Waals surface area (Å²) in [7, 11) is 0. The van der Waals surface area contributed by atoms with E-state index >= 15 is 0 Å². The lowest BCUT2D eigenvalue weighted by Crippen LogP contribution is -2.22. The molecule has 0 fully saturated rings. The molecular weight excluding hydrogens is 338 g/mol. The molecule has 5 rings (SSSR count). The molecule has 0 N–H and O–H groups in total. The molecule has 0 radical (unpaired) electrons. The van der Waals surface area contributed by atoms with E-state index < -0.39 is 0 Å². The van der Waals surface area contributed by atoms with Crippen LogP contribution in [0.2, 0.25) is 0 Å². The van der Waals surface area contributed by atoms with Crippen LogP contribution in [0.15, 0.2) is 78.9 Å². The van der Waals surface area contributed by atoms with Gasteiger partial charge in [0.2, 0.25) is 11.6 Å². The number of rotatable bonds is 2. The van der Waals surface area contributed by atoms with Gasteiger partial charge in [-0.25, -0.2) is 4.68 Å². The number of aromatic nitrogens is 3. The highest BCUT2D eigenvalue weighted by molar-refractivity contribution is 6.27. The van der Waals surface area contributed by atoms with E-state index in [0.29, 0.717) is 16.8 Å². The quantitative estimate of drug-likeness (QED) is 0.486. The molecule has 0 bridgehead atoms. The Morgan fingerprint density at radius 1 is 0.630 bits per heavy atom. The fourth-order valence-electron chi connectivity index (χ4n) is 3.38. The number of hydrogen-bond acceptors (Lipinski definition) is 4. The Morgan fingerprint density at radius 3 is 1.93 bits per heavy atom. The second-order valence-electron chi connectivity index (χ2n) is 6.32. The van der Waals surface area contributed by atoms with Crippen molar-refractivity contribution in [1.29, 1.82) is 0 Å². The van der Waals surface area contributed by atoms with Gasteiger partial charge in [-0.3, -0.25) is 9.59 Å². The molecule has 3 aromatic carbocycles. The Morgan fingerprint density at radius 2 is 1.22 bits per heavy atom. The van der Waals surface area contributed by atoms with Gasteiger partial charge in [0.25, 0.3) is 0 Å². The number of hydrogen-bond donors (Lipinski definition) is 0. The van der Waals surface area contributed by atoms with E-state index in [4.69, 9.17) is 0 Å². The van der Waals surface area contributed by atoms with Crippen LogP contribution in [-0.2, 0) is 0 Å². The van der Waals surface area contributed by atoms with Gasteiger partial charge in [0, 0.05) is 11.1 Å². The lowest BCUT2D eigenvalue weighted by molar-refractivity contribution is 0.0972. The number of carbonyl (C=O) groups excluding carboxylic acids is 2. The molecule has 1 aliphatic carbocycles. The van der Waals surface area contributed by atoms with Crippen LogP contribution in [-0.4, -0.2) is 26.6 Å². The lowest BCUT2D eigenvalue weighted by Gasteiger charge is -2.14. The Balaban J connectivity index is 1.60. The minimum absolute atomic E-state index is 0.103. The predicted octanol–water partition coefficient (Wildman–Crippen LogP) is 3.71. The maximum absolute atomic E-state index is 12.9. The maximum atomic E-state index is 12.9. The van der Waals surface area contributed by atoms with E-state index in [1.165, 1.54) is 4.68 Å². The van der Waals surface area contributed by atoms with Crippen molar-refractivity contribution in [1.82, 2.24) is 15.0 Å². The number of carbonyl (C=O) groups is 2. The summed E-state index contributed by atoms with van der Waals surface area (Å²) >= 11 is 0. The normalized spacial score (nSPS) is 12.6. The minimum Gasteiger partial charge on any atom is -0.287 e. The molecule has 0 unspecified atom stereocenters. The standard InChI is InChI=1S/C22H13N3O2/c26-21-17-8-4-5-9-18(17)22(27)20-19(21)23-24-25(20)16-12-10-15(11-13-16)14-6-2-1-3-7-14/h1-13H.